The molecule has 0 amide bonds. The number of alkyl halides is 3. The summed E-state index contributed by atoms with van der Waals surface area (Å²) in [6.07, 6.45) is -4.18. The SMILES string of the molecule is O=S(=O)(NCc1nnc2n1C[C@H](C(F)(F)F)CC2)c1cccc2ccccc12. The third-order valence-corrected chi connectivity index (χ3v) is 6.41. The van der Waals surface area contributed by atoms with E-state index in [1.807, 2.05) is 6.07 Å². The predicted octanol–water partition coefficient (Wildman–Crippen LogP) is 3.03. The standard InChI is InChI=1S/C18H17F3N4O2S/c19-18(20,21)13-8-9-16-23-24-17(25(16)11-13)10-22-28(26,27)15-7-3-5-12-4-1-2-6-14(12)15/h1-7,13,22H,8-11H2/t13-/m1/s1. The summed E-state index contributed by atoms with van der Waals surface area (Å²) in [7, 11) is -3.88. The van der Waals surface area contributed by atoms with Crippen molar-refractivity contribution in [2.75, 3.05) is 0 Å². The maximum atomic E-state index is 13.1. The number of hydrogen-bond donors (Lipinski definition) is 1. The Morgan fingerprint density at radius 1 is 1.11 bits per heavy atom. The largest absolute Gasteiger partial charge is 0.393 e. The molecular formula is C18H17F3N4O2S. The zero-order valence-corrected chi connectivity index (χ0v) is 15.5. The Balaban J connectivity index is 1.58. The minimum atomic E-state index is -4.30. The van der Waals surface area contributed by atoms with Crippen molar-refractivity contribution in [3.63, 3.8) is 0 Å². The molecule has 1 aliphatic rings. The second-order valence-corrected chi connectivity index (χ2v) is 8.46. The average molecular weight is 410 g/mol. The molecule has 1 atom stereocenters. The summed E-state index contributed by atoms with van der Waals surface area (Å²) in [4.78, 5) is 0.108. The lowest BCUT2D eigenvalue weighted by molar-refractivity contribution is -0.182. The predicted molar refractivity (Wildman–Crippen MR) is 95.9 cm³/mol. The molecule has 4 rings (SSSR count). The molecule has 0 aliphatic carbocycles. The van der Waals surface area contributed by atoms with E-state index >= 15 is 0 Å². The smallest absolute Gasteiger partial charge is 0.313 e. The molecule has 148 valence electrons. The molecule has 0 radical (unpaired) electrons. The van der Waals surface area contributed by atoms with Crippen LogP contribution in [0.1, 0.15) is 18.1 Å². The Hall–Kier alpha value is -2.46. The van der Waals surface area contributed by atoms with Gasteiger partial charge in [-0.2, -0.15) is 13.2 Å². The fraction of sp³-hybridized carbons (Fsp3) is 0.333. The maximum Gasteiger partial charge on any atom is 0.393 e. The van der Waals surface area contributed by atoms with Crippen molar-refractivity contribution in [3.8, 4) is 0 Å². The third kappa shape index (κ3) is 3.49. The number of nitrogens with one attached hydrogen (secondary N) is 1. The van der Waals surface area contributed by atoms with Gasteiger partial charge in [0.15, 0.2) is 0 Å². The quantitative estimate of drug-likeness (QED) is 0.717. The highest BCUT2D eigenvalue weighted by Crippen LogP contribution is 2.34. The van der Waals surface area contributed by atoms with E-state index < -0.39 is 22.1 Å². The van der Waals surface area contributed by atoms with Crippen molar-refractivity contribution in [3.05, 3.63) is 54.1 Å². The third-order valence-electron chi connectivity index (χ3n) is 4.95. The van der Waals surface area contributed by atoms with Crippen LogP contribution in [0.5, 0.6) is 0 Å². The van der Waals surface area contributed by atoms with Crippen LogP contribution in [0.25, 0.3) is 10.8 Å². The monoisotopic (exact) mass is 410 g/mol. The number of aromatic nitrogens is 3. The highest BCUT2D eigenvalue weighted by Gasteiger charge is 2.42. The number of hydrogen-bond acceptors (Lipinski definition) is 4. The van der Waals surface area contributed by atoms with Gasteiger partial charge in [-0.15, -0.1) is 10.2 Å². The summed E-state index contributed by atoms with van der Waals surface area (Å²) >= 11 is 0. The highest BCUT2D eigenvalue weighted by atomic mass is 32.2. The van der Waals surface area contributed by atoms with Crippen molar-refractivity contribution in [1.29, 1.82) is 0 Å². The van der Waals surface area contributed by atoms with Crippen LogP contribution >= 0.6 is 0 Å². The minimum Gasteiger partial charge on any atom is -0.313 e. The Morgan fingerprint density at radius 3 is 2.64 bits per heavy atom. The summed E-state index contributed by atoms with van der Waals surface area (Å²) in [6.45, 7) is -0.527. The number of fused-ring (bicyclic) bond motifs is 2. The molecule has 0 saturated heterocycles. The zero-order valence-electron chi connectivity index (χ0n) is 14.6. The molecule has 1 aromatic heterocycles. The number of aryl methyl sites for hydroxylation is 1. The van der Waals surface area contributed by atoms with Gasteiger partial charge in [-0.25, -0.2) is 13.1 Å². The number of halogens is 3. The van der Waals surface area contributed by atoms with E-state index in [0.29, 0.717) is 11.2 Å². The lowest BCUT2D eigenvalue weighted by Gasteiger charge is -2.26. The molecule has 28 heavy (non-hydrogen) atoms. The Bertz CT molecular complexity index is 1120. The Kier molecular flexibility index (Phi) is 4.62. The van der Waals surface area contributed by atoms with Crippen LogP contribution in [-0.4, -0.2) is 29.4 Å². The normalized spacial score (nSPS) is 17.6. The Morgan fingerprint density at radius 2 is 1.86 bits per heavy atom. The molecule has 1 N–H and O–H groups in total. The van der Waals surface area contributed by atoms with Crippen molar-refractivity contribution >= 4 is 20.8 Å². The number of sulfonamides is 1. The summed E-state index contributed by atoms with van der Waals surface area (Å²) in [5, 5.41) is 9.14. The minimum absolute atomic E-state index is 0.0383. The fourth-order valence-electron chi connectivity index (χ4n) is 3.45. The number of rotatable bonds is 4. The molecule has 0 saturated carbocycles. The molecule has 2 heterocycles. The van der Waals surface area contributed by atoms with Crippen LogP contribution in [0, 0.1) is 5.92 Å². The molecule has 2 aromatic carbocycles. The molecular weight excluding hydrogens is 393 g/mol. The van der Waals surface area contributed by atoms with E-state index in [0.717, 1.165) is 5.39 Å². The van der Waals surface area contributed by atoms with Gasteiger partial charge < -0.3 is 4.57 Å². The van der Waals surface area contributed by atoms with Gasteiger partial charge in [0.05, 0.1) is 17.4 Å². The lowest BCUT2D eigenvalue weighted by Crippen LogP contribution is -2.34. The maximum absolute atomic E-state index is 13.1. The summed E-state index contributed by atoms with van der Waals surface area (Å²) in [5.41, 5.74) is 0. The van der Waals surface area contributed by atoms with Crippen LogP contribution in [-0.2, 0) is 29.5 Å². The summed E-state index contributed by atoms with van der Waals surface area (Å²) in [6, 6.07) is 12.0. The van der Waals surface area contributed by atoms with E-state index in [2.05, 4.69) is 14.9 Å². The van der Waals surface area contributed by atoms with E-state index in [1.165, 1.54) is 10.6 Å². The van der Waals surface area contributed by atoms with Gasteiger partial charge in [0.2, 0.25) is 10.0 Å². The van der Waals surface area contributed by atoms with Crippen LogP contribution in [0.15, 0.2) is 47.4 Å². The van der Waals surface area contributed by atoms with E-state index in [1.54, 1.807) is 30.3 Å². The van der Waals surface area contributed by atoms with Crippen molar-refractivity contribution in [2.24, 2.45) is 5.92 Å². The van der Waals surface area contributed by atoms with Crippen molar-refractivity contribution in [2.45, 2.75) is 37.0 Å². The van der Waals surface area contributed by atoms with Gasteiger partial charge in [0.1, 0.15) is 11.6 Å². The van der Waals surface area contributed by atoms with Crippen LogP contribution < -0.4 is 4.72 Å². The van der Waals surface area contributed by atoms with E-state index in [9.17, 15) is 21.6 Å². The van der Waals surface area contributed by atoms with Crippen LogP contribution in [0.2, 0.25) is 0 Å². The molecule has 1 aliphatic heterocycles. The highest BCUT2D eigenvalue weighted by molar-refractivity contribution is 7.89. The lowest BCUT2D eigenvalue weighted by atomic mass is 9.99. The molecule has 3 aromatic rings. The van der Waals surface area contributed by atoms with E-state index in [-0.39, 0.29) is 36.7 Å². The average Bonchev–Trinajstić information content (AvgIpc) is 3.07. The Labute approximate surface area is 159 Å². The molecule has 0 fully saturated rings. The topological polar surface area (TPSA) is 76.9 Å². The van der Waals surface area contributed by atoms with Gasteiger partial charge in [-0.05, 0) is 17.9 Å². The molecule has 6 nitrogen and oxygen atoms in total. The fourth-order valence-corrected chi connectivity index (χ4v) is 4.66. The van der Waals surface area contributed by atoms with Gasteiger partial charge in [-0.1, -0.05) is 36.4 Å². The molecule has 10 heteroatoms. The second-order valence-electron chi connectivity index (χ2n) is 6.72. The van der Waals surface area contributed by atoms with E-state index in [4.69, 9.17) is 0 Å². The first-order valence-corrected chi connectivity index (χ1v) is 10.2. The zero-order chi connectivity index (χ0) is 19.9. The van der Waals surface area contributed by atoms with Gasteiger partial charge in [0, 0.05) is 18.4 Å². The first-order chi connectivity index (χ1) is 13.3. The van der Waals surface area contributed by atoms with Gasteiger partial charge >= 0.3 is 6.18 Å². The molecule has 0 unspecified atom stereocenters. The first kappa shape index (κ1) is 18.9. The van der Waals surface area contributed by atoms with Gasteiger partial charge in [-0.3, -0.25) is 0 Å². The number of nitrogens with zero attached hydrogens (tertiary/aromatic N) is 3. The molecule has 0 bridgehead atoms. The van der Waals surface area contributed by atoms with Crippen LogP contribution in [0.4, 0.5) is 13.2 Å². The second kappa shape index (κ2) is 6.85. The van der Waals surface area contributed by atoms with Gasteiger partial charge in [0.25, 0.3) is 0 Å². The summed E-state index contributed by atoms with van der Waals surface area (Å²) in [5.74, 6) is -0.864. The van der Waals surface area contributed by atoms with Crippen molar-refractivity contribution < 1.29 is 21.6 Å². The summed E-state index contributed by atoms with van der Waals surface area (Å²) < 4.78 is 68.5. The van der Waals surface area contributed by atoms with Crippen molar-refractivity contribution in [1.82, 2.24) is 19.5 Å². The number of benzene rings is 2. The first-order valence-electron chi connectivity index (χ1n) is 8.71. The van der Waals surface area contributed by atoms with Crippen LogP contribution in [0.3, 0.4) is 0 Å². The molecule has 0 spiro atoms.